The molecule has 0 radical (unpaired) electrons. The Labute approximate surface area is 153 Å². The van der Waals surface area contributed by atoms with E-state index in [1.165, 1.54) is 6.92 Å². The molecule has 0 heterocycles. The number of nitro benzene ring substituents is 1. The number of nitro groups is 1. The monoisotopic (exact) mass is 400 g/mol. The van der Waals surface area contributed by atoms with Gasteiger partial charge in [0.05, 0.1) is 22.1 Å². The third kappa shape index (κ3) is 4.56. The number of non-ortho nitro benzene ring substituents is 1. The first-order valence-electron chi connectivity index (χ1n) is 7.54. The smallest absolute Gasteiger partial charge is 0.326 e. The topological polar surface area (TPSA) is 107 Å². The van der Waals surface area contributed by atoms with Crippen LogP contribution in [-0.2, 0) is 19.6 Å². The second-order valence-electron chi connectivity index (χ2n) is 5.16. The quantitative estimate of drug-likeness (QED) is 0.402. The van der Waals surface area contributed by atoms with E-state index in [1.807, 2.05) is 0 Å². The van der Waals surface area contributed by atoms with Crippen molar-refractivity contribution in [3.8, 4) is 0 Å². The molecular weight excluding hydrogens is 386 g/mol. The zero-order chi connectivity index (χ0) is 20.2. The zero-order valence-corrected chi connectivity index (χ0v) is 14.8. The van der Waals surface area contributed by atoms with Crippen LogP contribution in [0.5, 0.6) is 0 Å². The Morgan fingerprint density at radius 1 is 1.19 bits per heavy atom. The minimum atomic E-state index is -4.50. The molecule has 2 aromatic rings. The summed E-state index contributed by atoms with van der Waals surface area (Å²) < 4.78 is 58.2. The standard InChI is InChI=1S/C16H14F2N2O6S/c1-2-26-16(21)10-19(15-8-3-11(17)9-14(15)18)27(24,25)13-6-4-12(5-7-13)20(22)23/h3-9H,2,10H2,1H3. The van der Waals surface area contributed by atoms with Gasteiger partial charge in [0.15, 0.2) is 0 Å². The molecule has 0 aliphatic rings. The minimum Gasteiger partial charge on any atom is -0.465 e. The molecule has 27 heavy (non-hydrogen) atoms. The van der Waals surface area contributed by atoms with E-state index in [-0.39, 0.29) is 12.3 Å². The summed E-state index contributed by atoms with van der Waals surface area (Å²) in [7, 11) is -4.50. The van der Waals surface area contributed by atoms with Gasteiger partial charge in [-0.05, 0) is 31.2 Å². The molecule has 0 amide bonds. The molecule has 2 aromatic carbocycles. The van der Waals surface area contributed by atoms with Gasteiger partial charge in [-0.3, -0.25) is 19.2 Å². The molecule has 0 aromatic heterocycles. The molecule has 2 rings (SSSR count). The largest absolute Gasteiger partial charge is 0.465 e. The van der Waals surface area contributed by atoms with Crippen LogP contribution in [0.25, 0.3) is 0 Å². The lowest BCUT2D eigenvalue weighted by Gasteiger charge is -2.24. The summed E-state index contributed by atoms with van der Waals surface area (Å²) in [6.45, 7) is 0.609. The van der Waals surface area contributed by atoms with Gasteiger partial charge in [-0.2, -0.15) is 0 Å². The third-order valence-corrected chi connectivity index (χ3v) is 5.17. The first-order valence-corrected chi connectivity index (χ1v) is 8.98. The number of halogens is 2. The number of rotatable bonds is 7. The van der Waals surface area contributed by atoms with Crippen LogP contribution in [0.4, 0.5) is 20.2 Å². The van der Waals surface area contributed by atoms with Crippen molar-refractivity contribution in [3.63, 3.8) is 0 Å². The maximum Gasteiger partial charge on any atom is 0.326 e. The summed E-state index contributed by atoms with van der Waals surface area (Å²) in [6, 6.07) is 5.99. The van der Waals surface area contributed by atoms with Crippen LogP contribution in [0.2, 0.25) is 0 Å². The van der Waals surface area contributed by atoms with Crippen molar-refractivity contribution in [2.45, 2.75) is 11.8 Å². The number of carbonyl (C=O) groups excluding carboxylic acids is 1. The van der Waals surface area contributed by atoms with Crippen molar-refractivity contribution in [1.82, 2.24) is 0 Å². The van der Waals surface area contributed by atoms with Gasteiger partial charge in [0.1, 0.15) is 18.2 Å². The van der Waals surface area contributed by atoms with E-state index in [9.17, 15) is 32.1 Å². The average molecular weight is 400 g/mol. The van der Waals surface area contributed by atoms with Gasteiger partial charge < -0.3 is 4.74 Å². The highest BCUT2D eigenvalue weighted by molar-refractivity contribution is 7.92. The van der Waals surface area contributed by atoms with Crippen molar-refractivity contribution in [2.75, 3.05) is 17.5 Å². The van der Waals surface area contributed by atoms with Gasteiger partial charge in [-0.1, -0.05) is 0 Å². The Balaban J connectivity index is 2.53. The van der Waals surface area contributed by atoms with Crippen LogP contribution >= 0.6 is 0 Å². The van der Waals surface area contributed by atoms with E-state index >= 15 is 0 Å². The predicted octanol–water partition coefficient (Wildman–Crippen LogP) is 2.63. The zero-order valence-electron chi connectivity index (χ0n) is 14.0. The molecule has 0 N–H and O–H groups in total. The molecule has 0 atom stereocenters. The van der Waals surface area contributed by atoms with Gasteiger partial charge in [0.25, 0.3) is 15.7 Å². The highest BCUT2D eigenvalue weighted by Gasteiger charge is 2.30. The van der Waals surface area contributed by atoms with Gasteiger partial charge >= 0.3 is 5.97 Å². The van der Waals surface area contributed by atoms with Crippen molar-refractivity contribution in [2.24, 2.45) is 0 Å². The third-order valence-electron chi connectivity index (χ3n) is 3.39. The Hall–Kier alpha value is -3.08. The minimum absolute atomic E-state index is 0.0316. The Morgan fingerprint density at radius 3 is 2.33 bits per heavy atom. The summed E-state index contributed by atoms with van der Waals surface area (Å²) in [5, 5.41) is 10.7. The van der Waals surface area contributed by atoms with Crippen molar-refractivity contribution in [3.05, 3.63) is 64.2 Å². The number of nitrogens with zero attached hydrogens (tertiary/aromatic N) is 2. The number of carbonyl (C=O) groups is 1. The molecule has 0 aliphatic carbocycles. The second-order valence-corrected chi connectivity index (χ2v) is 7.03. The van der Waals surface area contributed by atoms with E-state index in [2.05, 4.69) is 0 Å². The van der Waals surface area contributed by atoms with Crippen molar-refractivity contribution < 1.29 is 31.7 Å². The maximum atomic E-state index is 14.2. The summed E-state index contributed by atoms with van der Waals surface area (Å²) in [5.74, 6) is -3.09. The van der Waals surface area contributed by atoms with Crippen LogP contribution in [0.15, 0.2) is 47.4 Å². The SMILES string of the molecule is CCOC(=O)CN(c1ccc(F)cc1F)S(=O)(=O)c1ccc([N+](=O)[O-])cc1. The van der Waals surface area contributed by atoms with Crippen LogP contribution in [0.1, 0.15) is 6.92 Å². The number of benzene rings is 2. The summed E-state index contributed by atoms with van der Waals surface area (Å²) in [6.07, 6.45) is 0. The normalized spacial score (nSPS) is 11.1. The molecule has 0 spiro atoms. The Kier molecular flexibility index (Phi) is 6.05. The van der Waals surface area contributed by atoms with Crippen molar-refractivity contribution in [1.29, 1.82) is 0 Å². The lowest BCUT2D eigenvalue weighted by atomic mass is 10.3. The fourth-order valence-electron chi connectivity index (χ4n) is 2.17. The second kappa shape index (κ2) is 8.08. The van der Waals surface area contributed by atoms with Gasteiger partial charge in [-0.15, -0.1) is 0 Å². The molecule has 8 nitrogen and oxygen atoms in total. The molecule has 11 heteroatoms. The van der Waals surface area contributed by atoms with Gasteiger partial charge in [0.2, 0.25) is 0 Å². The number of esters is 1. The van der Waals surface area contributed by atoms with Gasteiger partial charge in [0, 0.05) is 18.2 Å². The fraction of sp³-hybridized carbons (Fsp3) is 0.188. The van der Waals surface area contributed by atoms with E-state index in [0.29, 0.717) is 10.4 Å². The predicted molar refractivity (Wildman–Crippen MR) is 90.6 cm³/mol. The first-order chi connectivity index (χ1) is 12.7. The van der Waals surface area contributed by atoms with E-state index in [0.717, 1.165) is 36.4 Å². The molecule has 0 bridgehead atoms. The highest BCUT2D eigenvalue weighted by Crippen LogP contribution is 2.28. The molecule has 0 fully saturated rings. The van der Waals surface area contributed by atoms with Crippen LogP contribution in [-0.4, -0.2) is 32.5 Å². The number of hydrogen-bond acceptors (Lipinski definition) is 6. The summed E-state index contributed by atoms with van der Waals surface area (Å²) in [5.41, 5.74) is -0.915. The molecule has 0 aliphatic heterocycles. The number of sulfonamides is 1. The first kappa shape index (κ1) is 20.2. The van der Waals surface area contributed by atoms with Crippen LogP contribution < -0.4 is 4.31 Å². The average Bonchev–Trinajstić information content (AvgIpc) is 2.60. The van der Waals surface area contributed by atoms with Crippen LogP contribution in [0.3, 0.4) is 0 Å². The van der Waals surface area contributed by atoms with Gasteiger partial charge in [-0.25, -0.2) is 17.2 Å². The van der Waals surface area contributed by atoms with E-state index in [1.54, 1.807) is 0 Å². The number of anilines is 1. The summed E-state index contributed by atoms with van der Waals surface area (Å²) >= 11 is 0. The van der Waals surface area contributed by atoms with Crippen LogP contribution in [0, 0.1) is 21.7 Å². The fourth-order valence-corrected chi connectivity index (χ4v) is 3.59. The summed E-state index contributed by atoms with van der Waals surface area (Å²) in [4.78, 5) is 21.4. The Bertz CT molecular complexity index is 963. The lowest BCUT2D eigenvalue weighted by Crippen LogP contribution is -2.37. The lowest BCUT2D eigenvalue weighted by molar-refractivity contribution is -0.384. The number of hydrogen-bond donors (Lipinski definition) is 0. The molecular formula is C16H14F2N2O6S. The molecule has 0 saturated carbocycles. The van der Waals surface area contributed by atoms with Crippen molar-refractivity contribution >= 4 is 27.4 Å². The van der Waals surface area contributed by atoms with E-state index in [4.69, 9.17) is 4.74 Å². The molecule has 0 unspecified atom stereocenters. The van der Waals surface area contributed by atoms with E-state index < -0.39 is 49.7 Å². The Morgan fingerprint density at radius 2 is 1.81 bits per heavy atom. The highest BCUT2D eigenvalue weighted by atomic mass is 32.2. The molecule has 0 saturated heterocycles. The molecule has 144 valence electrons. The number of ether oxygens (including phenoxy) is 1. The maximum absolute atomic E-state index is 14.2.